The van der Waals surface area contributed by atoms with Crippen molar-refractivity contribution in [3.63, 3.8) is 0 Å². The Hall–Kier alpha value is -1.90. The molecule has 6 nitrogen and oxygen atoms in total. The first kappa shape index (κ1) is 11.1. The Bertz CT molecular complexity index is 266. The van der Waals surface area contributed by atoms with E-state index >= 15 is 0 Å². The third-order valence-electron chi connectivity index (χ3n) is 1.06. The third kappa shape index (κ3) is 5.38. The molecule has 0 bridgehead atoms. The number of amides is 3. The van der Waals surface area contributed by atoms with Crippen LogP contribution in [0.2, 0.25) is 0 Å². The van der Waals surface area contributed by atoms with Crippen LogP contribution >= 0.6 is 0 Å². The standard InChI is InChI=1S/C7H10N4O2/c1-2-10-7(13)11-6(12)3-5(9)4-8/h9H,2-3H2,1H3,(H2,10,11,12,13). The van der Waals surface area contributed by atoms with Crippen LogP contribution in [0.1, 0.15) is 13.3 Å². The summed E-state index contributed by atoms with van der Waals surface area (Å²) in [7, 11) is 0. The summed E-state index contributed by atoms with van der Waals surface area (Å²) in [5.74, 6) is -0.655. The van der Waals surface area contributed by atoms with Gasteiger partial charge in [-0.25, -0.2) is 4.79 Å². The average molecular weight is 182 g/mol. The smallest absolute Gasteiger partial charge is 0.321 e. The second-order valence-electron chi connectivity index (χ2n) is 2.17. The topological polar surface area (TPSA) is 106 Å². The lowest BCUT2D eigenvalue weighted by atomic mass is 10.3. The first-order valence-corrected chi connectivity index (χ1v) is 3.65. The fraction of sp³-hybridized carbons (Fsp3) is 0.429. The summed E-state index contributed by atoms with van der Waals surface area (Å²) in [4.78, 5) is 21.6. The number of hydrogen-bond acceptors (Lipinski definition) is 4. The summed E-state index contributed by atoms with van der Waals surface area (Å²) >= 11 is 0. The lowest BCUT2D eigenvalue weighted by Crippen LogP contribution is -2.39. The van der Waals surface area contributed by atoms with Crippen LogP contribution in [0.25, 0.3) is 0 Å². The largest absolute Gasteiger partial charge is 0.338 e. The lowest BCUT2D eigenvalue weighted by Gasteiger charge is -2.02. The van der Waals surface area contributed by atoms with Crippen LogP contribution in [-0.2, 0) is 4.79 Å². The number of nitrogens with zero attached hydrogens (tertiary/aromatic N) is 1. The number of nitrogens with one attached hydrogen (secondary N) is 3. The summed E-state index contributed by atoms with van der Waals surface area (Å²) < 4.78 is 0. The van der Waals surface area contributed by atoms with Crippen molar-refractivity contribution in [1.29, 1.82) is 10.7 Å². The monoisotopic (exact) mass is 182 g/mol. The predicted octanol–water partition coefficient (Wildman–Crippen LogP) is -0.234. The van der Waals surface area contributed by atoms with Gasteiger partial charge in [-0.2, -0.15) is 5.26 Å². The molecule has 3 amide bonds. The SMILES string of the molecule is CCNC(=O)NC(=O)CC(=N)C#N. The van der Waals surface area contributed by atoms with Gasteiger partial charge in [0.05, 0.1) is 6.42 Å². The Morgan fingerprint density at radius 2 is 2.15 bits per heavy atom. The van der Waals surface area contributed by atoms with Gasteiger partial charge in [0.25, 0.3) is 0 Å². The number of carbonyl (C=O) groups excluding carboxylic acids is 2. The molecule has 13 heavy (non-hydrogen) atoms. The minimum atomic E-state index is -0.655. The van der Waals surface area contributed by atoms with Crippen LogP contribution in [0, 0.1) is 16.7 Å². The van der Waals surface area contributed by atoms with Gasteiger partial charge in [0.15, 0.2) is 0 Å². The van der Waals surface area contributed by atoms with Gasteiger partial charge in [0.2, 0.25) is 5.91 Å². The number of carbonyl (C=O) groups is 2. The van der Waals surface area contributed by atoms with Crippen molar-refractivity contribution in [2.24, 2.45) is 0 Å². The molecule has 6 heteroatoms. The molecule has 0 spiro atoms. The van der Waals surface area contributed by atoms with E-state index in [2.05, 4.69) is 5.32 Å². The van der Waals surface area contributed by atoms with Crippen molar-refractivity contribution in [3.05, 3.63) is 0 Å². The number of urea groups is 1. The molecule has 0 saturated heterocycles. The molecular formula is C7H10N4O2. The van der Waals surface area contributed by atoms with E-state index in [1.165, 1.54) is 6.07 Å². The highest BCUT2D eigenvalue weighted by Crippen LogP contribution is 1.81. The average Bonchev–Trinajstić information content (AvgIpc) is 2.04. The molecule has 0 aliphatic rings. The molecule has 0 heterocycles. The molecule has 0 atom stereocenters. The number of imide groups is 1. The van der Waals surface area contributed by atoms with Crippen molar-refractivity contribution in [3.8, 4) is 6.07 Å². The van der Waals surface area contributed by atoms with Crippen LogP contribution < -0.4 is 10.6 Å². The Labute approximate surface area is 75.4 Å². The van der Waals surface area contributed by atoms with E-state index in [1.54, 1.807) is 6.92 Å². The van der Waals surface area contributed by atoms with E-state index in [0.717, 1.165) is 0 Å². The summed E-state index contributed by atoms with van der Waals surface area (Å²) in [5, 5.41) is 19.3. The minimum absolute atomic E-state index is 0.367. The summed E-state index contributed by atoms with van der Waals surface area (Å²) in [6, 6.07) is 0.879. The molecule has 0 fully saturated rings. The molecule has 0 radical (unpaired) electrons. The van der Waals surface area contributed by atoms with Gasteiger partial charge in [-0.1, -0.05) is 0 Å². The van der Waals surface area contributed by atoms with Crippen LogP contribution in [0.3, 0.4) is 0 Å². The van der Waals surface area contributed by atoms with Gasteiger partial charge in [-0.3, -0.25) is 15.5 Å². The lowest BCUT2D eigenvalue weighted by molar-refractivity contribution is -0.118. The molecule has 70 valence electrons. The molecule has 0 rings (SSSR count). The zero-order valence-electron chi connectivity index (χ0n) is 7.18. The van der Waals surface area contributed by atoms with Crippen molar-refractivity contribution in [2.45, 2.75) is 13.3 Å². The van der Waals surface area contributed by atoms with Crippen molar-refractivity contribution < 1.29 is 9.59 Å². The fourth-order valence-electron chi connectivity index (χ4n) is 0.576. The van der Waals surface area contributed by atoms with Crippen molar-refractivity contribution >= 4 is 17.6 Å². The molecule has 0 aromatic heterocycles. The van der Waals surface area contributed by atoms with Gasteiger partial charge in [-0.15, -0.1) is 0 Å². The Morgan fingerprint density at radius 1 is 1.54 bits per heavy atom. The van der Waals surface area contributed by atoms with E-state index in [0.29, 0.717) is 6.54 Å². The van der Waals surface area contributed by atoms with Crippen LogP contribution in [-0.4, -0.2) is 24.2 Å². The third-order valence-corrected chi connectivity index (χ3v) is 1.06. The molecule has 0 aliphatic heterocycles. The van der Waals surface area contributed by atoms with Crippen LogP contribution in [0.15, 0.2) is 0 Å². The number of hydrogen-bond donors (Lipinski definition) is 3. The van der Waals surface area contributed by atoms with Crippen molar-refractivity contribution in [1.82, 2.24) is 10.6 Å². The van der Waals surface area contributed by atoms with E-state index < -0.39 is 11.9 Å². The predicted molar refractivity (Wildman–Crippen MR) is 45.2 cm³/mol. The maximum absolute atomic E-state index is 10.8. The molecule has 3 N–H and O–H groups in total. The van der Waals surface area contributed by atoms with Crippen LogP contribution in [0.5, 0.6) is 0 Å². The van der Waals surface area contributed by atoms with Crippen molar-refractivity contribution in [2.75, 3.05) is 6.54 Å². The first-order chi connectivity index (χ1) is 6.10. The van der Waals surface area contributed by atoms with E-state index in [4.69, 9.17) is 10.7 Å². The Morgan fingerprint density at radius 3 is 2.62 bits per heavy atom. The summed E-state index contributed by atoms with van der Waals surface area (Å²) in [6.07, 6.45) is -0.367. The van der Waals surface area contributed by atoms with E-state index in [1.807, 2.05) is 5.32 Å². The van der Waals surface area contributed by atoms with Gasteiger partial charge in [0, 0.05) is 6.54 Å². The molecular weight excluding hydrogens is 172 g/mol. The normalized spacial score (nSPS) is 8.31. The maximum Gasteiger partial charge on any atom is 0.321 e. The second kappa shape index (κ2) is 5.71. The Kier molecular flexibility index (Phi) is 4.88. The van der Waals surface area contributed by atoms with Gasteiger partial charge >= 0.3 is 6.03 Å². The Balaban J connectivity index is 3.82. The highest BCUT2D eigenvalue weighted by atomic mass is 16.2. The maximum atomic E-state index is 10.8. The summed E-state index contributed by atoms with van der Waals surface area (Å²) in [5.41, 5.74) is -0.373. The number of nitriles is 1. The zero-order chi connectivity index (χ0) is 10.3. The number of rotatable bonds is 3. The van der Waals surface area contributed by atoms with Gasteiger partial charge in [-0.05, 0) is 6.92 Å². The van der Waals surface area contributed by atoms with E-state index in [-0.39, 0.29) is 12.1 Å². The van der Waals surface area contributed by atoms with E-state index in [9.17, 15) is 9.59 Å². The van der Waals surface area contributed by atoms with Gasteiger partial charge < -0.3 is 5.32 Å². The van der Waals surface area contributed by atoms with Crippen LogP contribution in [0.4, 0.5) is 4.79 Å². The quantitative estimate of drug-likeness (QED) is 0.524. The highest BCUT2D eigenvalue weighted by molar-refractivity contribution is 6.10. The molecule has 0 aliphatic carbocycles. The highest BCUT2D eigenvalue weighted by Gasteiger charge is 2.08. The molecule has 0 aromatic carbocycles. The summed E-state index contributed by atoms with van der Waals surface area (Å²) in [6.45, 7) is 2.12. The van der Waals surface area contributed by atoms with Gasteiger partial charge in [0.1, 0.15) is 11.8 Å². The second-order valence-corrected chi connectivity index (χ2v) is 2.17. The molecule has 0 saturated carbocycles. The first-order valence-electron chi connectivity index (χ1n) is 3.65. The molecule has 0 unspecified atom stereocenters. The minimum Gasteiger partial charge on any atom is -0.338 e. The molecule has 0 aromatic rings. The fourth-order valence-corrected chi connectivity index (χ4v) is 0.576. The zero-order valence-corrected chi connectivity index (χ0v) is 7.18.